The van der Waals surface area contributed by atoms with Gasteiger partial charge in [0.2, 0.25) is 0 Å². The highest BCUT2D eigenvalue weighted by Crippen LogP contribution is 2.26. The van der Waals surface area contributed by atoms with Crippen molar-refractivity contribution in [3.8, 4) is 0 Å². The smallest absolute Gasteiger partial charge is 0.320 e. The van der Waals surface area contributed by atoms with Gasteiger partial charge >= 0.3 is 6.03 Å². The summed E-state index contributed by atoms with van der Waals surface area (Å²) in [4.78, 5) is 17.2. The molecule has 0 saturated heterocycles. The van der Waals surface area contributed by atoms with Crippen LogP contribution in [0.4, 0.5) is 16.4 Å². The summed E-state index contributed by atoms with van der Waals surface area (Å²) in [5, 5.41) is 14.8. The zero-order valence-electron chi connectivity index (χ0n) is 15.4. The number of aromatic nitrogens is 3. The average Bonchev–Trinajstić information content (AvgIpc) is 3.09. The Morgan fingerprint density at radius 2 is 2.07 bits per heavy atom. The van der Waals surface area contributed by atoms with Gasteiger partial charge in [-0.1, -0.05) is 30.3 Å². The van der Waals surface area contributed by atoms with Gasteiger partial charge in [-0.05, 0) is 37.8 Å². The second kappa shape index (κ2) is 7.65. The quantitative estimate of drug-likeness (QED) is 0.644. The van der Waals surface area contributed by atoms with Crippen LogP contribution in [0.3, 0.4) is 0 Å². The third-order valence-corrected chi connectivity index (χ3v) is 4.88. The van der Waals surface area contributed by atoms with Gasteiger partial charge in [0.1, 0.15) is 11.3 Å². The molecule has 1 aliphatic heterocycles. The molecule has 1 aromatic carbocycles. The van der Waals surface area contributed by atoms with Gasteiger partial charge in [-0.25, -0.2) is 9.78 Å². The normalized spacial score (nSPS) is 18.0. The first-order valence-electron chi connectivity index (χ1n) is 9.47. The van der Waals surface area contributed by atoms with E-state index in [1.165, 1.54) is 0 Å². The lowest BCUT2D eigenvalue weighted by Crippen LogP contribution is -2.33. The standard InChI is InChI=1S/C20H24N6O/c1-2-26-18-15(13-22-26)12-17-24-19(18)21-11-7-6-10-16(23-20(27)25-17)14-8-4-3-5-9-14/h3-5,8-9,12-13,16H,2,6-7,10-11H2,1H3,(H3,21,23,24,25,27). The zero-order valence-corrected chi connectivity index (χ0v) is 15.4. The molecule has 3 heterocycles. The molecule has 3 aromatic rings. The van der Waals surface area contributed by atoms with Crippen LogP contribution in [0.15, 0.2) is 42.6 Å². The number of hydrogen-bond donors (Lipinski definition) is 3. The molecule has 140 valence electrons. The summed E-state index contributed by atoms with van der Waals surface area (Å²) in [5.41, 5.74) is 2.09. The second-order valence-corrected chi connectivity index (χ2v) is 6.74. The zero-order chi connectivity index (χ0) is 18.6. The Kier molecular flexibility index (Phi) is 4.91. The Labute approximate surface area is 158 Å². The molecule has 1 atom stereocenters. The van der Waals surface area contributed by atoms with Crippen LogP contribution < -0.4 is 16.0 Å². The van der Waals surface area contributed by atoms with Crippen molar-refractivity contribution in [1.82, 2.24) is 20.1 Å². The van der Waals surface area contributed by atoms with Crippen LogP contribution >= 0.6 is 0 Å². The van der Waals surface area contributed by atoms with Crippen molar-refractivity contribution in [3.63, 3.8) is 0 Å². The third kappa shape index (κ3) is 3.72. The number of hydrogen-bond acceptors (Lipinski definition) is 4. The van der Waals surface area contributed by atoms with Crippen LogP contribution in [0.1, 0.15) is 37.8 Å². The molecule has 0 saturated carbocycles. The van der Waals surface area contributed by atoms with Gasteiger partial charge in [0.25, 0.3) is 0 Å². The Balaban J connectivity index is 1.65. The fourth-order valence-electron chi connectivity index (χ4n) is 3.54. The monoisotopic (exact) mass is 364 g/mol. The Morgan fingerprint density at radius 3 is 2.89 bits per heavy atom. The number of fused-ring (bicyclic) bond motifs is 4. The number of carbonyl (C=O) groups is 1. The number of amides is 2. The minimum absolute atomic E-state index is 0.0170. The minimum Gasteiger partial charge on any atom is -0.368 e. The van der Waals surface area contributed by atoms with Gasteiger partial charge in [-0.2, -0.15) is 5.10 Å². The van der Waals surface area contributed by atoms with Crippen molar-refractivity contribution in [2.24, 2.45) is 0 Å². The van der Waals surface area contributed by atoms with Crippen molar-refractivity contribution in [2.75, 3.05) is 17.2 Å². The van der Waals surface area contributed by atoms with E-state index in [0.717, 1.165) is 54.6 Å². The molecule has 7 heteroatoms. The van der Waals surface area contributed by atoms with Crippen LogP contribution in [0.2, 0.25) is 0 Å². The largest absolute Gasteiger partial charge is 0.368 e. The number of nitrogens with zero attached hydrogens (tertiary/aromatic N) is 3. The van der Waals surface area contributed by atoms with E-state index in [9.17, 15) is 4.79 Å². The van der Waals surface area contributed by atoms with Crippen molar-refractivity contribution < 1.29 is 4.79 Å². The van der Waals surface area contributed by atoms with Gasteiger partial charge in [-0.15, -0.1) is 0 Å². The molecular formula is C20H24N6O. The van der Waals surface area contributed by atoms with Crippen LogP contribution in [-0.4, -0.2) is 27.3 Å². The average molecular weight is 364 g/mol. The molecule has 1 unspecified atom stereocenters. The molecule has 2 aromatic heterocycles. The van der Waals surface area contributed by atoms with Gasteiger partial charge in [0.05, 0.1) is 12.2 Å². The number of pyridine rings is 1. The molecule has 1 aliphatic rings. The lowest BCUT2D eigenvalue weighted by molar-refractivity contribution is 0.247. The second-order valence-electron chi connectivity index (χ2n) is 6.74. The van der Waals surface area contributed by atoms with E-state index in [2.05, 4.69) is 45.1 Å². The van der Waals surface area contributed by atoms with Crippen LogP contribution in [0.5, 0.6) is 0 Å². The third-order valence-electron chi connectivity index (χ3n) is 4.88. The van der Waals surface area contributed by atoms with Crippen molar-refractivity contribution in [3.05, 3.63) is 48.2 Å². The summed E-state index contributed by atoms with van der Waals surface area (Å²) < 4.78 is 1.92. The van der Waals surface area contributed by atoms with E-state index >= 15 is 0 Å². The molecule has 2 bridgehead atoms. The molecule has 2 amide bonds. The van der Waals surface area contributed by atoms with E-state index in [-0.39, 0.29) is 12.1 Å². The predicted octanol–water partition coefficient (Wildman–Crippen LogP) is 3.91. The summed E-state index contributed by atoms with van der Waals surface area (Å²) in [6, 6.07) is 11.7. The van der Waals surface area contributed by atoms with Crippen LogP contribution in [-0.2, 0) is 6.54 Å². The number of rotatable bonds is 2. The first kappa shape index (κ1) is 17.3. The maximum atomic E-state index is 12.6. The number of anilines is 2. The molecule has 0 aliphatic carbocycles. The number of carbonyl (C=O) groups excluding carboxylic acids is 1. The number of aryl methyl sites for hydroxylation is 1. The highest BCUT2D eigenvalue weighted by Gasteiger charge is 2.17. The Morgan fingerprint density at radius 1 is 1.22 bits per heavy atom. The number of nitrogens with one attached hydrogen (secondary N) is 3. The molecular weight excluding hydrogens is 340 g/mol. The summed E-state index contributed by atoms with van der Waals surface area (Å²) in [7, 11) is 0. The fraction of sp³-hybridized carbons (Fsp3) is 0.350. The minimum atomic E-state index is -0.245. The van der Waals surface area contributed by atoms with E-state index in [4.69, 9.17) is 0 Å². The summed E-state index contributed by atoms with van der Waals surface area (Å²) >= 11 is 0. The molecule has 0 spiro atoms. The van der Waals surface area contributed by atoms with Gasteiger partial charge in [0, 0.05) is 18.5 Å². The molecule has 0 radical (unpaired) electrons. The maximum absolute atomic E-state index is 12.6. The van der Waals surface area contributed by atoms with E-state index < -0.39 is 0 Å². The molecule has 3 N–H and O–H groups in total. The van der Waals surface area contributed by atoms with Gasteiger partial charge < -0.3 is 10.6 Å². The lowest BCUT2D eigenvalue weighted by atomic mass is 10.0. The van der Waals surface area contributed by atoms with Crippen LogP contribution in [0, 0.1) is 0 Å². The van der Waals surface area contributed by atoms with Gasteiger partial charge in [-0.3, -0.25) is 10.00 Å². The first-order chi connectivity index (χ1) is 13.2. The SMILES string of the molecule is CCn1ncc2cc3nc(c21)NCCCCC(c1ccccc1)NC(=O)N3. The Hall–Kier alpha value is -3.09. The van der Waals surface area contributed by atoms with E-state index in [1.807, 2.05) is 35.1 Å². The highest BCUT2D eigenvalue weighted by molar-refractivity contribution is 5.95. The van der Waals surface area contributed by atoms with Crippen molar-refractivity contribution in [2.45, 2.75) is 38.8 Å². The maximum Gasteiger partial charge on any atom is 0.320 e. The molecule has 7 nitrogen and oxygen atoms in total. The van der Waals surface area contributed by atoms with Crippen molar-refractivity contribution >= 4 is 28.6 Å². The van der Waals surface area contributed by atoms with Crippen molar-refractivity contribution in [1.29, 1.82) is 0 Å². The highest BCUT2D eigenvalue weighted by atomic mass is 16.2. The molecule has 0 fully saturated rings. The number of urea groups is 1. The molecule has 27 heavy (non-hydrogen) atoms. The van der Waals surface area contributed by atoms with E-state index in [0.29, 0.717) is 5.82 Å². The summed E-state index contributed by atoms with van der Waals surface area (Å²) in [6.07, 6.45) is 4.71. The van der Waals surface area contributed by atoms with E-state index in [1.54, 1.807) is 0 Å². The topological polar surface area (TPSA) is 83.9 Å². The predicted molar refractivity (Wildman–Crippen MR) is 107 cm³/mol. The van der Waals surface area contributed by atoms with Gasteiger partial charge in [0.15, 0.2) is 5.82 Å². The number of benzene rings is 1. The van der Waals surface area contributed by atoms with Crippen LogP contribution in [0.25, 0.3) is 10.9 Å². The summed E-state index contributed by atoms with van der Waals surface area (Å²) in [5.74, 6) is 1.29. The Bertz CT molecular complexity index is 936. The first-order valence-corrected chi connectivity index (χ1v) is 9.47. The molecule has 4 rings (SSSR count). The lowest BCUT2D eigenvalue weighted by Gasteiger charge is -2.21. The summed E-state index contributed by atoms with van der Waals surface area (Å²) in [6.45, 7) is 3.65. The fourth-order valence-corrected chi connectivity index (χ4v) is 3.54.